The summed E-state index contributed by atoms with van der Waals surface area (Å²) in [6.07, 6.45) is -0.857. The van der Waals surface area contributed by atoms with E-state index in [9.17, 15) is 24.8 Å². The monoisotopic (exact) mass is 448 g/mol. The molecule has 1 heterocycles. The van der Waals surface area contributed by atoms with Crippen molar-refractivity contribution in [2.24, 2.45) is 15.6 Å². The lowest BCUT2D eigenvalue weighted by molar-refractivity contribution is -0.520. The summed E-state index contributed by atoms with van der Waals surface area (Å²) < 4.78 is 6.50. The molecule has 0 aliphatic rings. The third-order valence-corrected chi connectivity index (χ3v) is 4.39. The predicted molar refractivity (Wildman–Crippen MR) is 116 cm³/mol. The average molecular weight is 449 g/mol. The molecule has 12 heteroatoms. The third kappa shape index (κ3) is 5.55. The fourth-order valence-electron chi connectivity index (χ4n) is 2.67. The average Bonchev–Trinajstić information content (AvgIpc) is 2.66. The van der Waals surface area contributed by atoms with Crippen molar-refractivity contribution < 1.29 is 20.0 Å². The van der Waals surface area contributed by atoms with Crippen molar-refractivity contribution in [3.8, 4) is 11.9 Å². The van der Waals surface area contributed by atoms with Gasteiger partial charge in [-0.05, 0) is 27.7 Å². The molecule has 0 spiro atoms. The zero-order chi connectivity index (χ0) is 25.0. The van der Waals surface area contributed by atoms with E-state index in [1.54, 1.807) is 48.5 Å². The maximum atomic E-state index is 12.9. The zero-order valence-electron chi connectivity index (χ0n) is 19.5. The molecular weight excluding hydrogens is 418 g/mol. The molecule has 32 heavy (non-hydrogen) atoms. The fraction of sp³-hybridized carbons (Fsp3) is 0.550. The number of methoxy groups -OCH3 is 1. The molecule has 12 nitrogen and oxygen atoms in total. The van der Waals surface area contributed by atoms with Gasteiger partial charge in [-0.1, -0.05) is 25.9 Å². The lowest BCUT2D eigenvalue weighted by Crippen LogP contribution is -2.86. The van der Waals surface area contributed by atoms with Crippen LogP contribution in [0.15, 0.2) is 31.2 Å². The first kappa shape index (κ1) is 26.4. The van der Waals surface area contributed by atoms with Crippen LogP contribution >= 0.6 is 0 Å². The number of allylic oxidation sites excluding steroid dienone is 1. The summed E-state index contributed by atoms with van der Waals surface area (Å²) in [5.74, 6) is -1.02. The molecule has 1 aromatic rings. The number of aromatic hydroxyl groups is 1. The highest BCUT2D eigenvalue weighted by atomic mass is 16.5. The lowest BCUT2D eigenvalue weighted by atomic mass is 9.86. The minimum absolute atomic E-state index is 0.120. The van der Waals surface area contributed by atoms with Gasteiger partial charge in [0, 0.05) is 17.5 Å². The highest BCUT2D eigenvalue weighted by molar-refractivity contribution is 6.04. The van der Waals surface area contributed by atoms with Gasteiger partial charge in [0.1, 0.15) is 6.07 Å². The van der Waals surface area contributed by atoms with E-state index >= 15 is 0 Å². The van der Waals surface area contributed by atoms with Crippen molar-refractivity contribution in [2.45, 2.75) is 60.5 Å². The SMILES string of the molecule is COC(=O)[NH2+]C(N=Nc1c(O)n(C(C)C)c(=O)n(C(C)C)c1=O)=C(C#N)C(=N)C(C)(C)C. The number of hydrogen-bond donors (Lipinski definition) is 3. The standard InChI is InChI=1S/C20H29N7O5/c1-10(2)26-16(28)13(17(29)27(11(3)4)19(26)31)24-25-15(23-18(30)32-8)12(9-21)14(22)20(5,6)7/h10-11,22,28H,1-8H3,(H,23,30)/p+1. The number of primary amides is 1. The van der Waals surface area contributed by atoms with Crippen molar-refractivity contribution >= 4 is 17.5 Å². The molecular formula is C20H30N7O5+. The van der Waals surface area contributed by atoms with Gasteiger partial charge in [0.15, 0.2) is 5.57 Å². The summed E-state index contributed by atoms with van der Waals surface area (Å²) in [6.45, 7) is 11.6. The summed E-state index contributed by atoms with van der Waals surface area (Å²) >= 11 is 0. The van der Waals surface area contributed by atoms with E-state index < -0.39 is 46.4 Å². The van der Waals surface area contributed by atoms with Gasteiger partial charge >= 0.3 is 11.8 Å². The van der Waals surface area contributed by atoms with Gasteiger partial charge in [0.2, 0.25) is 11.6 Å². The number of quaternary nitrogens is 1. The van der Waals surface area contributed by atoms with Crippen molar-refractivity contribution in [1.29, 1.82) is 10.7 Å². The first-order chi connectivity index (χ1) is 14.7. The summed E-state index contributed by atoms with van der Waals surface area (Å²) in [7, 11) is 1.13. The Morgan fingerprint density at radius 1 is 1.19 bits per heavy atom. The molecule has 0 unspecified atom stereocenters. The van der Waals surface area contributed by atoms with Gasteiger partial charge in [-0.25, -0.2) is 4.79 Å². The Kier molecular flexibility index (Phi) is 8.38. The normalized spacial score (nSPS) is 12.8. The highest BCUT2D eigenvalue weighted by Crippen LogP contribution is 2.25. The molecule has 4 N–H and O–H groups in total. The summed E-state index contributed by atoms with van der Waals surface area (Å²) in [4.78, 5) is 37.4. The molecule has 0 fully saturated rings. The second-order valence-electron chi connectivity index (χ2n) is 8.55. The van der Waals surface area contributed by atoms with Crippen LogP contribution in [0.25, 0.3) is 0 Å². The van der Waals surface area contributed by atoms with E-state index in [1.165, 1.54) is 0 Å². The Morgan fingerprint density at radius 3 is 2.12 bits per heavy atom. The van der Waals surface area contributed by atoms with Crippen LogP contribution in [-0.4, -0.2) is 33.2 Å². The third-order valence-electron chi connectivity index (χ3n) is 4.39. The largest absolute Gasteiger partial charge is 0.518 e. The molecule has 0 saturated carbocycles. The quantitative estimate of drug-likeness (QED) is 0.340. The van der Waals surface area contributed by atoms with Crippen molar-refractivity contribution in [1.82, 2.24) is 9.13 Å². The number of nitriles is 1. The first-order valence-corrected chi connectivity index (χ1v) is 9.87. The van der Waals surface area contributed by atoms with Gasteiger partial charge < -0.3 is 15.3 Å². The molecule has 0 aliphatic carbocycles. The molecule has 0 aliphatic heterocycles. The molecule has 0 aromatic carbocycles. The van der Waals surface area contributed by atoms with E-state index in [2.05, 4.69) is 15.0 Å². The smallest absolute Gasteiger partial charge is 0.493 e. The number of amides is 1. The van der Waals surface area contributed by atoms with Crippen LogP contribution in [-0.2, 0) is 4.74 Å². The van der Waals surface area contributed by atoms with Crippen molar-refractivity contribution in [3.63, 3.8) is 0 Å². The molecule has 0 atom stereocenters. The van der Waals surface area contributed by atoms with Gasteiger partial charge in [-0.3, -0.25) is 13.9 Å². The first-order valence-electron chi connectivity index (χ1n) is 9.87. The topological polar surface area (TPSA) is 179 Å². The Hall–Kier alpha value is -3.59. The molecule has 0 radical (unpaired) electrons. The lowest BCUT2D eigenvalue weighted by Gasteiger charge is -2.19. The van der Waals surface area contributed by atoms with Gasteiger partial charge in [-0.2, -0.15) is 15.4 Å². The van der Waals surface area contributed by atoms with Crippen molar-refractivity contribution in [3.05, 3.63) is 32.2 Å². The van der Waals surface area contributed by atoms with Crippen LogP contribution < -0.4 is 16.6 Å². The molecule has 174 valence electrons. The van der Waals surface area contributed by atoms with Gasteiger partial charge in [0.25, 0.3) is 11.4 Å². The van der Waals surface area contributed by atoms with E-state index in [-0.39, 0.29) is 17.1 Å². The predicted octanol–water partition coefficient (Wildman–Crippen LogP) is 2.09. The number of ether oxygens (including phenoxy) is 1. The highest BCUT2D eigenvalue weighted by Gasteiger charge is 2.28. The summed E-state index contributed by atoms with van der Waals surface area (Å²) in [5.41, 5.74) is -3.27. The Morgan fingerprint density at radius 2 is 1.72 bits per heavy atom. The minimum Gasteiger partial charge on any atom is -0.493 e. The van der Waals surface area contributed by atoms with E-state index in [1.807, 2.05) is 6.07 Å². The Labute approximate surface area is 185 Å². The van der Waals surface area contributed by atoms with Crippen LogP contribution in [0.2, 0.25) is 0 Å². The number of hydrogen-bond acceptors (Lipinski definition) is 9. The minimum atomic E-state index is -0.884. The number of nitrogens with zero attached hydrogens (tertiary/aromatic N) is 5. The molecule has 1 aromatic heterocycles. The number of nitrogens with two attached hydrogens (primary N) is 1. The van der Waals surface area contributed by atoms with Gasteiger partial charge in [-0.15, -0.1) is 5.11 Å². The van der Waals surface area contributed by atoms with Gasteiger partial charge in [0.05, 0.1) is 12.8 Å². The van der Waals surface area contributed by atoms with Crippen LogP contribution in [0, 0.1) is 22.2 Å². The number of rotatable bonds is 6. The second kappa shape index (κ2) is 10.1. The second-order valence-corrected chi connectivity index (χ2v) is 8.55. The van der Waals surface area contributed by atoms with Crippen LogP contribution in [0.5, 0.6) is 5.88 Å². The van der Waals surface area contributed by atoms with Crippen molar-refractivity contribution in [2.75, 3.05) is 7.11 Å². The number of nitrogens with one attached hydrogen (secondary N) is 1. The number of aromatic nitrogens is 2. The number of carbonyl (C=O) groups excluding carboxylic acids is 1. The van der Waals surface area contributed by atoms with Crippen LogP contribution in [0.1, 0.15) is 60.5 Å². The maximum absolute atomic E-state index is 12.9. The Bertz CT molecular complexity index is 1130. The Balaban J connectivity index is 3.91. The van der Waals surface area contributed by atoms with E-state index in [0.29, 0.717) is 0 Å². The number of azo groups is 1. The van der Waals surface area contributed by atoms with Crippen LogP contribution in [0.4, 0.5) is 10.5 Å². The fourth-order valence-corrected chi connectivity index (χ4v) is 2.67. The summed E-state index contributed by atoms with van der Waals surface area (Å²) in [6, 6.07) is 0.803. The summed E-state index contributed by atoms with van der Waals surface area (Å²) in [5, 5.41) is 37.0. The molecule has 1 rings (SSSR count). The van der Waals surface area contributed by atoms with E-state index in [4.69, 9.17) is 5.41 Å². The van der Waals surface area contributed by atoms with E-state index in [0.717, 1.165) is 21.6 Å². The zero-order valence-corrected chi connectivity index (χ0v) is 19.5. The maximum Gasteiger partial charge on any atom is 0.518 e. The molecule has 0 bridgehead atoms. The molecule has 0 saturated heterocycles. The molecule has 1 amide bonds. The van der Waals surface area contributed by atoms with Crippen LogP contribution in [0.3, 0.4) is 0 Å². The number of carbonyl (C=O) groups is 1.